The number of pyridine rings is 1. The molecule has 0 spiro atoms. The third kappa shape index (κ3) is 4.41. The van der Waals surface area contributed by atoms with Gasteiger partial charge in [-0.15, -0.1) is 0 Å². The summed E-state index contributed by atoms with van der Waals surface area (Å²) in [5.74, 6) is -0.142. The number of amides is 2. The Morgan fingerprint density at radius 1 is 1.14 bits per heavy atom. The fourth-order valence-electron chi connectivity index (χ4n) is 1.92. The van der Waals surface area contributed by atoms with Crippen LogP contribution in [0.4, 0.5) is 5.69 Å². The minimum atomic E-state index is -0.321. The molecule has 5 nitrogen and oxygen atoms in total. The maximum absolute atomic E-state index is 11.8. The average molecular weight is 297 g/mol. The zero-order valence-corrected chi connectivity index (χ0v) is 12.7. The summed E-state index contributed by atoms with van der Waals surface area (Å²) < 4.78 is 0. The lowest BCUT2D eigenvalue weighted by Crippen LogP contribution is -2.32. The maximum Gasteiger partial charge on any atom is 0.253 e. The van der Waals surface area contributed by atoms with E-state index in [1.54, 1.807) is 18.3 Å². The Morgan fingerprint density at radius 3 is 2.45 bits per heavy atom. The molecule has 0 saturated heterocycles. The number of carbonyl (C=O) groups is 2. The summed E-state index contributed by atoms with van der Waals surface area (Å²) >= 11 is 0. The van der Waals surface area contributed by atoms with Gasteiger partial charge in [0, 0.05) is 18.1 Å². The van der Waals surface area contributed by atoms with E-state index in [9.17, 15) is 9.59 Å². The van der Waals surface area contributed by atoms with Crippen molar-refractivity contribution in [2.75, 3.05) is 11.9 Å². The summed E-state index contributed by atoms with van der Waals surface area (Å²) in [6.45, 7) is 4.14. The van der Waals surface area contributed by atoms with Gasteiger partial charge >= 0.3 is 0 Å². The van der Waals surface area contributed by atoms with Crippen LogP contribution in [0.2, 0.25) is 0 Å². The van der Waals surface area contributed by atoms with Crippen molar-refractivity contribution in [3.05, 3.63) is 59.9 Å². The third-order valence-electron chi connectivity index (χ3n) is 3.19. The summed E-state index contributed by atoms with van der Waals surface area (Å²) in [5.41, 5.74) is 2.35. The van der Waals surface area contributed by atoms with E-state index < -0.39 is 0 Å². The molecule has 22 heavy (non-hydrogen) atoms. The molecule has 1 aromatic heterocycles. The van der Waals surface area contributed by atoms with Crippen LogP contribution in [-0.2, 0) is 4.79 Å². The number of rotatable bonds is 5. The van der Waals surface area contributed by atoms with Crippen LogP contribution in [0.3, 0.4) is 0 Å². The summed E-state index contributed by atoms with van der Waals surface area (Å²) in [5, 5.41) is 5.30. The number of nitrogens with one attached hydrogen (secondary N) is 2. The molecule has 5 heteroatoms. The van der Waals surface area contributed by atoms with E-state index in [0.717, 1.165) is 0 Å². The van der Waals surface area contributed by atoms with Gasteiger partial charge in [-0.05, 0) is 35.7 Å². The van der Waals surface area contributed by atoms with Gasteiger partial charge in [-0.25, -0.2) is 0 Å². The van der Waals surface area contributed by atoms with Crippen LogP contribution in [-0.4, -0.2) is 23.3 Å². The van der Waals surface area contributed by atoms with E-state index in [0.29, 0.717) is 17.2 Å². The topological polar surface area (TPSA) is 71.1 Å². The molecule has 1 heterocycles. The molecule has 0 aliphatic carbocycles. The Bertz CT molecular complexity index is 637. The number of aromatic nitrogens is 1. The molecule has 1 aromatic carbocycles. The zero-order valence-electron chi connectivity index (χ0n) is 12.7. The van der Waals surface area contributed by atoms with E-state index >= 15 is 0 Å². The number of hydrogen-bond donors (Lipinski definition) is 2. The van der Waals surface area contributed by atoms with Crippen molar-refractivity contribution >= 4 is 17.5 Å². The first-order valence-corrected chi connectivity index (χ1v) is 7.14. The van der Waals surface area contributed by atoms with E-state index in [4.69, 9.17) is 0 Å². The van der Waals surface area contributed by atoms with Gasteiger partial charge in [0.25, 0.3) is 5.91 Å². The molecule has 0 fully saturated rings. The van der Waals surface area contributed by atoms with Crippen LogP contribution in [0.15, 0.2) is 48.8 Å². The lowest BCUT2D eigenvalue weighted by molar-refractivity contribution is -0.115. The highest BCUT2D eigenvalue weighted by molar-refractivity contribution is 5.99. The molecule has 2 aromatic rings. The Hall–Kier alpha value is -2.69. The Balaban J connectivity index is 1.84. The quantitative estimate of drug-likeness (QED) is 0.891. The van der Waals surface area contributed by atoms with Gasteiger partial charge < -0.3 is 10.6 Å². The fraction of sp³-hybridized carbons (Fsp3) is 0.235. The van der Waals surface area contributed by atoms with Crippen molar-refractivity contribution in [1.82, 2.24) is 10.3 Å². The standard InChI is InChI=1S/C17H19N3O2/c1-12(2)13-5-7-15(8-6-13)20-16(21)11-19-17(22)14-4-3-9-18-10-14/h3-10,12H,11H2,1-2H3,(H,19,22)(H,20,21). The molecule has 0 bridgehead atoms. The third-order valence-corrected chi connectivity index (χ3v) is 3.19. The number of carbonyl (C=O) groups excluding carboxylic acids is 2. The molecular weight excluding hydrogens is 278 g/mol. The minimum absolute atomic E-state index is 0.0837. The monoisotopic (exact) mass is 297 g/mol. The first-order chi connectivity index (χ1) is 10.6. The van der Waals surface area contributed by atoms with Crippen molar-refractivity contribution in [3.63, 3.8) is 0 Å². The normalized spacial score (nSPS) is 10.3. The molecule has 2 rings (SSSR count). The van der Waals surface area contributed by atoms with Crippen LogP contribution >= 0.6 is 0 Å². The lowest BCUT2D eigenvalue weighted by Gasteiger charge is -2.09. The molecule has 0 saturated carbocycles. The highest BCUT2D eigenvalue weighted by Gasteiger charge is 2.08. The van der Waals surface area contributed by atoms with Crippen molar-refractivity contribution in [3.8, 4) is 0 Å². The molecule has 0 radical (unpaired) electrons. The number of hydrogen-bond acceptors (Lipinski definition) is 3. The van der Waals surface area contributed by atoms with Crippen molar-refractivity contribution < 1.29 is 9.59 Å². The fourth-order valence-corrected chi connectivity index (χ4v) is 1.92. The first kappa shape index (κ1) is 15.7. The summed E-state index contributed by atoms with van der Waals surface area (Å²) in [6.07, 6.45) is 3.04. The van der Waals surface area contributed by atoms with Crippen molar-refractivity contribution in [2.45, 2.75) is 19.8 Å². The van der Waals surface area contributed by atoms with Gasteiger partial charge in [-0.3, -0.25) is 14.6 Å². The number of anilines is 1. The Kier molecular flexibility index (Phi) is 5.25. The molecule has 0 aliphatic heterocycles. The molecule has 114 valence electrons. The van der Waals surface area contributed by atoms with Gasteiger partial charge in [-0.2, -0.15) is 0 Å². The first-order valence-electron chi connectivity index (χ1n) is 7.14. The Labute approximate surface area is 129 Å². The van der Waals surface area contributed by atoms with Crippen LogP contribution in [0.25, 0.3) is 0 Å². The predicted molar refractivity (Wildman–Crippen MR) is 85.7 cm³/mol. The van der Waals surface area contributed by atoms with Gasteiger partial charge in [0.05, 0.1) is 12.1 Å². The second kappa shape index (κ2) is 7.36. The smallest absolute Gasteiger partial charge is 0.253 e. The largest absolute Gasteiger partial charge is 0.343 e. The molecule has 2 amide bonds. The number of benzene rings is 1. The summed E-state index contributed by atoms with van der Waals surface area (Å²) in [6, 6.07) is 11.0. The summed E-state index contributed by atoms with van der Waals surface area (Å²) in [7, 11) is 0. The second-order valence-corrected chi connectivity index (χ2v) is 5.25. The summed E-state index contributed by atoms with van der Waals surface area (Å²) in [4.78, 5) is 27.5. The van der Waals surface area contributed by atoms with Gasteiger partial charge in [0.2, 0.25) is 5.91 Å². The molecule has 0 atom stereocenters. The second-order valence-electron chi connectivity index (χ2n) is 5.25. The molecular formula is C17H19N3O2. The highest BCUT2D eigenvalue weighted by atomic mass is 16.2. The van der Waals surface area contributed by atoms with E-state index in [1.807, 2.05) is 24.3 Å². The van der Waals surface area contributed by atoms with Crippen LogP contribution in [0.1, 0.15) is 35.7 Å². The predicted octanol–water partition coefficient (Wildman–Crippen LogP) is 2.57. The zero-order chi connectivity index (χ0) is 15.9. The van der Waals surface area contributed by atoms with Gasteiger partial charge in [-0.1, -0.05) is 26.0 Å². The van der Waals surface area contributed by atoms with E-state index in [1.165, 1.54) is 11.8 Å². The number of nitrogens with zero attached hydrogens (tertiary/aromatic N) is 1. The van der Waals surface area contributed by atoms with Gasteiger partial charge in [0.1, 0.15) is 0 Å². The maximum atomic E-state index is 11.8. The SMILES string of the molecule is CC(C)c1ccc(NC(=O)CNC(=O)c2cccnc2)cc1. The van der Waals surface area contributed by atoms with Crippen LogP contribution in [0, 0.1) is 0 Å². The molecule has 2 N–H and O–H groups in total. The Morgan fingerprint density at radius 2 is 1.86 bits per heavy atom. The van der Waals surface area contributed by atoms with Crippen LogP contribution < -0.4 is 10.6 Å². The van der Waals surface area contributed by atoms with Crippen molar-refractivity contribution in [1.29, 1.82) is 0 Å². The average Bonchev–Trinajstić information content (AvgIpc) is 2.54. The van der Waals surface area contributed by atoms with E-state index in [2.05, 4.69) is 29.5 Å². The van der Waals surface area contributed by atoms with Crippen LogP contribution in [0.5, 0.6) is 0 Å². The van der Waals surface area contributed by atoms with Gasteiger partial charge in [0.15, 0.2) is 0 Å². The lowest BCUT2D eigenvalue weighted by atomic mass is 10.0. The van der Waals surface area contributed by atoms with E-state index in [-0.39, 0.29) is 18.4 Å². The van der Waals surface area contributed by atoms with Crippen molar-refractivity contribution in [2.24, 2.45) is 0 Å². The minimum Gasteiger partial charge on any atom is -0.343 e. The highest BCUT2D eigenvalue weighted by Crippen LogP contribution is 2.16. The molecule has 0 aliphatic rings. The molecule has 0 unspecified atom stereocenters.